The zero-order chi connectivity index (χ0) is 15.9. The maximum absolute atomic E-state index is 11.7. The van der Waals surface area contributed by atoms with Crippen molar-refractivity contribution in [2.45, 2.75) is 20.5 Å². The molecule has 116 valence electrons. The summed E-state index contributed by atoms with van der Waals surface area (Å²) >= 11 is 0. The summed E-state index contributed by atoms with van der Waals surface area (Å²) < 4.78 is 10.7. The zero-order valence-electron chi connectivity index (χ0n) is 12.9. The number of methoxy groups -OCH3 is 1. The Morgan fingerprint density at radius 3 is 2.86 bits per heavy atom. The van der Waals surface area contributed by atoms with E-state index in [4.69, 9.17) is 9.47 Å². The van der Waals surface area contributed by atoms with E-state index < -0.39 is 0 Å². The molecule has 0 saturated heterocycles. The van der Waals surface area contributed by atoms with Crippen molar-refractivity contribution in [2.24, 2.45) is 5.92 Å². The van der Waals surface area contributed by atoms with E-state index in [0.29, 0.717) is 23.0 Å². The predicted molar refractivity (Wildman–Crippen MR) is 82.8 cm³/mol. The number of hydrogen-bond donors (Lipinski definition) is 1. The summed E-state index contributed by atoms with van der Waals surface area (Å²) in [6.45, 7) is 3.96. The number of aromatic nitrogens is 2. The number of anilines is 1. The van der Waals surface area contributed by atoms with E-state index in [2.05, 4.69) is 15.3 Å². The lowest BCUT2D eigenvalue weighted by atomic mass is 10.2. The molecule has 1 amide bonds. The van der Waals surface area contributed by atoms with Crippen LogP contribution in [0.3, 0.4) is 0 Å². The molecule has 0 radical (unpaired) electrons. The lowest BCUT2D eigenvalue weighted by Gasteiger charge is -2.10. The van der Waals surface area contributed by atoms with Gasteiger partial charge in [-0.15, -0.1) is 0 Å². The smallest absolute Gasteiger partial charge is 0.232 e. The second-order valence-corrected chi connectivity index (χ2v) is 5.01. The molecule has 2 aromatic rings. The van der Waals surface area contributed by atoms with E-state index in [0.717, 1.165) is 0 Å². The van der Waals surface area contributed by atoms with E-state index in [-0.39, 0.29) is 18.4 Å². The van der Waals surface area contributed by atoms with Crippen LogP contribution in [0.5, 0.6) is 11.6 Å². The molecule has 1 heterocycles. The van der Waals surface area contributed by atoms with Gasteiger partial charge in [0.1, 0.15) is 18.1 Å². The molecule has 6 heteroatoms. The van der Waals surface area contributed by atoms with Crippen molar-refractivity contribution in [3.8, 4) is 11.6 Å². The molecule has 0 atom stereocenters. The van der Waals surface area contributed by atoms with E-state index in [1.807, 2.05) is 32.0 Å². The third kappa shape index (κ3) is 4.44. The minimum absolute atomic E-state index is 0.0317. The number of benzene rings is 1. The maximum Gasteiger partial charge on any atom is 0.232 e. The maximum atomic E-state index is 11.7. The number of hydrogen-bond acceptors (Lipinski definition) is 5. The van der Waals surface area contributed by atoms with Crippen LogP contribution < -0.4 is 14.8 Å². The van der Waals surface area contributed by atoms with Gasteiger partial charge in [0, 0.05) is 17.7 Å². The molecule has 0 unspecified atom stereocenters. The Balaban J connectivity index is 1.99. The van der Waals surface area contributed by atoms with Crippen molar-refractivity contribution in [2.75, 3.05) is 12.4 Å². The highest BCUT2D eigenvalue weighted by Gasteiger charge is 2.07. The van der Waals surface area contributed by atoms with Gasteiger partial charge in [-0.1, -0.05) is 19.9 Å². The minimum Gasteiger partial charge on any atom is -0.487 e. The highest BCUT2D eigenvalue weighted by atomic mass is 16.5. The molecule has 6 nitrogen and oxygen atoms in total. The molecule has 1 aromatic carbocycles. The number of ether oxygens (including phenoxy) is 2. The Morgan fingerprint density at radius 2 is 2.14 bits per heavy atom. The molecule has 1 N–H and O–H groups in total. The Labute approximate surface area is 129 Å². The van der Waals surface area contributed by atoms with Crippen molar-refractivity contribution in [1.82, 2.24) is 9.97 Å². The van der Waals surface area contributed by atoms with Crippen LogP contribution >= 0.6 is 0 Å². The summed E-state index contributed by atoms with van der Waals surface area (Å²) in [5.74, 6) is 0.984. The van der Waals surface area contributed by atoms with Crippen LogP contribution in [0.25, 0.3) is 0 Å². The average molecular weight is 301 g/mol. The predicted octanol–water partition coefficient (Wildman–Crippen LogP) is 2.66. The first-order valence-corrected chi connectivity index (χ1v) is 6.97. The first kappa shape index (κ1) is 15.8. The van der Waals surface area contributed by atoms with Gasteiger partial charge >= 0.3 is 0 Å². The summed E-state index contributed by atoms with van der Waals surface area (Å²) in [5.41, 5.74) is 1.36. The third-order valence-electron chi connectivity index (χ3n) is 2.88. The van der Waals surface area contributed by atoms with Gasteiger partial charge in [-0.05, 0) is 12.1 Å². The summed E-state index contributed by atoms with van der Waals surface area (Å²) in [7, 11) is 1.54. The van der Waals surface area contributed by atoms with Crippen LogP contribution in [0, 0.1) is 5.92 Å². The van der Waals surface area contributed by atoms with Crippen molar-refractivity contribution in [3.05, 3.63) is 42.4 Å². The normalized spacial score (nSPS) is 10.4. The molecular weight excluding hydrogens is 282 g/mol. The van der Waals surface area contributed by atoms with E-state index >= 15 is 0 Å². The fourth-order valence-electron chi connectivity index (χ4n) is 1.66. The van der Waals surface area contributed by atoms with E-state index in [1.165, 1.54) is 13.3 Å². The molecule has 0 fully saturated rings. The number of amides is 1. The number of nitrogens with zero attached hydrogens (tertiary/aromatic N) is 2. The molecule has 0 spiro atoms. The molecule has 1 aromatic heterocycles. The van der Waals surface area contributed by atoms with Crippen molar-refractivity contribution < 1.29 is 14.3 Å². The molecule has 0 aliphatic carbocycles. The van der Waals surface area contributed by atoms with Crippen LogP contribution in [0.2, 0.25) is 0 Å². The monoisotopic (exact) mass is 301 g/mol. The second kappa shape index (κ2) is 7.40. The first-order valence-electron chi connectivity index (χ1n) is 6.97. The number of carbonyl (C=O) groups is 1. The topological polar surface area (TPSA) is 73.3 Å². The quantitative estimate of drug-likeness (QED) is 0.888. The largest absolute Gasteiger partial charge is 0.487 e. The van der Waals surface area contributed by atoms with Gasteiger partial charge in [-0.2, -0.15) is 0 Å². The fourth-order valence-corrected chi connectivity index (χ4v) is 1.66. The van der Waals surface area contributed by atoms with Crippen LogP contribution in [0.4, 0.5) is 5.69 Å². The second-order valence-electron chi connectivity index (χ2n) is 5.01. The van der Waals surface area contributed by atoms with Crippen molar-refractivity contribution in [3.63, 3.8) is 0 Å². The van der Waals surface area contributed by atoms with Crippen molar-refractivity contribution in [1.29, 1.82) is 0 Å². The summed E-state index contributed by atoms with van der Waals surface area (Å²) in [6.07, 6.45) is 3.15. The molecule has 0 saturated carbocycles. The van der Waals surface area contributed by atoms with Gasteiger partial charge in [-0.3, -0.25) is 9.78 Å². The number of rotatable bonds is 6. The Bertz CT molecular complexity index is 644. The fraction of sp³-hybridized carbons (Fsp3) is 0.312. The lowest BCUT2D eigenvalue weighted by Crippen LogP contribution is -2.17. The van der Waals surface area contributed by atoms with Crippen molar-refractivity contribution >= 4 is 11.6 Å². The van der Waals surface area contributed by atoms with Gasteiger partial charge < -0.3 is 14.8 Å². The number of nitrogens with one attached hydrogen (secondary N) is 1. The van der Waals surface area contributed by atoms with E-state index in [9.17, 15) is 4.79 Å². The van der Waals surface area contributed by atoms with Crippen LogP contribution in [0.15, 0.2) is 36.7 Å². The molecule has 0 aliphatic rings. The SMILES string of the molecule is COc1cncc(COc2cccc(NC(=O)C(C)C)c2)n1. The zero-order valence-corrected chi connectivity index (χ0v) is 12.9. The van der Waals surface area contributed by atoms with Gasteiger partial charge in [0.15, 0.2) is 0 Å². The molecular formula is C16H19N3O3. The first-order chi connectivity index (χ1) is 10.6. The van der Waals surface area contributed by atoms with Crippen LogP contribution in [0.1, 0.15) is 19.5 Å². The molecule has 0 aliphatic heterocycles. The minimum atomic E-state index is -0.0726. The van der Waals surface area contributed by atoms with Gasteiger partial charge in [-0.25, -0.2) is 4.98 Å². The Hall–Kier alpha value is -2.63. The highest BCUT2D eigenvalue weighted by molar-refractivity contribution is 5.92. The highest BCUT2D eigenvalue weighted by Crippen LogP contribution is 2.19. The summed E-state index contributed by atoms with van der Waals surface area (Å²) in [6, 6.07) is 7.23. The van der Waals surface area contributed by atoms with E-state index in [1.54, 1.807) is 12.3 Å². The molecule has 0 bridgehead atoms. The average Bonchev–Trinajstić information content (AvgIpc) is 2.53. The Morgan fingerprint density at radius 1 is 1.32 bits per heavy atom. The van der Waals surface area contributed by atoms with Gasteiger partial charge in [0.2, 0.25) is 11.8 Å². The lowest BCUT2D eigenvalue weighted by molar-refractivity contribution is -0.118. The van der Waals surface area contributed by atoms with Crippen LogP contribution in [-0.4, -0.2) is 23.0 Å². The summed E-state index contributed by atoms with van der Waals surface area (Å²) in [4.78, 5) is 19.9. The number of carbonyl (C=O) groups excluding carboxylic acids is 1. The molecule has 2 rings (SSSR count). The van der Waals surface area contributed by atoms with Gasteiger partial charge in [0.25, 0.3) is 0 Å². The summed E-state index contributed by atoms with van der Waals surface area (Å²) in [5, 5.41) is 2.83. The molecule has 22 heavy (non-hydrogen) atoms. The standard InChI is InChI=1S/C16H19N3O3/c1-11(2)16(20)19-12-5-4-6-14(7-12)22-10-13-8-17-9-15(18-13)21-3/h4-9,11H,10H2,1-3H3,(H,19,20). The Kier molecular flexibility index (Phi) is 5.30. The third-order valence-corrected chi connectivity index (χ3v) is 2.88. The van der Waals surface area contributed by atoms with Gasteiger partial charge in [0.05, 0.1) is 19.5 Å². The van der Waals surface area contributed by atoms with Crippen LogP contribution in [-0.2, 0) is 11.4 Å².